The van der Waals surface area contributed by atoms with Gasteiger partial charge in [0.1, 0.15) is 11.1 Å². The molecule has 0 saturated heterocycles. The average Bonchev–Trinajstić information content (AvgIpc) is 3.36. The number of aromatic nitrogens is 6. The zero-order valence-corrected chi connectivity index (χ0v) is 15.8. The number of anilines is 1. The van der Waals surface area contributed by atoms with Crippen LogP contribution in [0, 0.1) is 13.8 Å². The molecule has 10 nitrogen and oxygen atoms in total. The van der Waals surface area contributed by atoms with Crippen molar-refractivity contribution in [2.45, 2.75) is 50.7 Å². The molecule has 0 atom stereocenters. The monoisotopic (exact) mass is 389 g/mol. The summed E-state index contributed by atoms with van der Waals surface area (Å²) in [6, 6.07) is 0.302. The molecule has 0 spiro atoms. The predicted molar refractivity (Wildman–Crippen MR) is 98.8 cm³/mol. The van der Waals surface area contributed by atoms with Gasteiger partial charge in [-0.3, -0.25) is 14.9 Å². The van der Waals surface area contributed by atoms with Gasteiger partial charge in [0.05, 0.1) is 22.9 Å². The van der Waals surface area contributed by atoms with E-state index in [4.69, 9.17) is 4.42 Å². The normalized spacial score (nSPS) is 14.9. The first-order valence-electron chi connectivity index (χ1n) is 8.73. The van der Waals surface area contributed by atoms with Crippen LogP contribution < -0.4 is 10.9 Å². The molecule has 1 fully saturated rings. The van der Waals surface area contributed by atoms with Gasteiger partial charge in [0, 0.05) is 0 Å². The summed E-state index contributed by atoms with van der Waals surface area (Å²) in [4.78, 5) is 24.5. The van der Waals surface area contributed by atoms with Crippen molar-refractivity contribution in [2.24, 2.45) is 0 Å². The van der Waals surface area contributed by atoms with Crippen LogP contribution in [0.15, 0.2) is 14.4 Å². The van der Waals surface area contributed by atoms with E-state index in [0.717, 1.165) is 12.8 Å². The van der Waals surface area contributed by atoms with Crippen molar-refractivity contribution in [3.05, 3.63) is 21.8 Å². The van der Waals surface area contributed by atoms with Crippen molar-refractivity contribution in [3.63, 3.8) is 0 Å². The highest BCUT2D eigenvalue weighted by molar-refractivity contribution is 7.99. The molecule has 11 heteroatoms. The lowest BCUT2D eigenvalue weighted by molar-refractivity contribution is -0.113. The minimum absolute atomic E-state index is 0.107. The van der Waals surface area contributed by atoms with Crippen molar-refractivity contribution >= 4 is 34.3 Å². The molecule has 0 aromatic carbocycles. The van der Waals surface area contributed by atoms with Crippen LogP contribution in [0.1, 0.15) is 43.2 Å². The van der Waals surface area contributed by atoms with Gasteiger partial charge in [-0.1, -0.05) is 24.6 Å². The van der Waals surface area contributed by atoms with Crippen LogP contribution in [-0.4, -0.2) is 42.1 Å². The van der Waals surface area contributed by atoms with E-state index in [0.29, 0.717) is 33.4 Å². The Morgan fingerprint density at radius 1 is 1.33 bits per heavy atom. The topological polar surface area (TPSA) is 132 Å². The molecular formula is C16H19N7O3S. The quantitative estimate of drug-likeness (QED) is 0.633. The van der Waals surface area contributed by atoms with Crippen molar-refractivity contribution in [2.75, 3.05) is 11.1 Å². The van der Waals surface area contributed by atoms with Crippen LogP contribution in [0.5, 0.6) is 0 Å². The van der Waals surface area contributed by atoms with E-state index in [2.05, 4.69) is 31.0 Å². The number of H-pyrrole nitrogens is 1. The van der Waals surface area contributed by atoms with Crippen LogP contribution in [0.3, 0.4) is 0 Å². The van der Waals surface area contributed by atoms with Gasteiger partial charge in [0.2, 0.25) is 16.9 Å². The van der Waals surface area contributed by atoms with Gasteiger partial charge in [-0.15, -0.1) is 5.10 Å². The Kier molecular flexibility index (Phi) is 4.68. The highest BCUT2D eigenvalue weighted by Crippen LogP contribution is 2.32. The predicted octanol–water partition coefficient (Wildman–Crippen LogP) is 1.97. The highest BCUT2D eigenvalue weighted by Gasteiger charge is 2.23. The third-order valence-corrected chi connectivity index (χ3v) is 5.65. The summed E-state index contributed by atoms with van der Waals surface area (Å²) in [7, 11) is 0. The summed E-state index contributed by atoms with van der Waals surface area (Å²) >= 11 is 1.26. The van der Waals surface area contributed by atoms with Gasteiger partial charge in [0.15, 0.2) is 0 Å². The van der Waals surface area contributed by atoms with Crippen LogP contribution in [-0.2, 0) is 4.79 Å². The van der Waals surface area contributed by atoms with Crippen molar-refractivity contribution < 1.29 is 9.21 Å². The molecule has 3 aromatic heterocycles. The van der Waals surface area contributed by atoms with E-state index < -0.39 is 5.56 Å². The van der Waals surface area contributed by atoms with Crippen LogP contribution in [0.2, 0.25) is 0 Å². The largest absolute Gasteiger partial charge is 0.444 e. The summed E-state index contributed by atoms with van der Waals surface area (Å²) < 4.78 is 7.40. The molecular weight excluding hydrogens is 370 g/mol. The van der Waals surface area contributed by atoms with Gasteiger partial charge in [-0.2, -0.15) is 5.10 Å². The molecule has 0 radical (unpaired) electrons. The Balaban J connectivity index is 1.48. The summed E-state index contributed by atoms with van der Waals surface area (Å²) in [6.07, 6.45) is 4.45. The first-order chi connectivity index (χ1) is 13.0. The molecule has 1 aliphatic rings. The fraction of sp³-hybridized carbons (Fsp3) is 0.500. The molecule has 1 saturated carbocycles. The van der Waals surface area contributed by atoms with Crippen LogP contribution in [0.4, 0.5) is 5.88 Å². The molecule has 27 heavy (non-hydrogen) atoms. The highest BCUT2D eigenvalue weighted by atomic mass is 32.2. The Morgan fingerprint density at radius 3 is 2.89 bits per heavy atom. The maximum absolute atomic E-state index is 12.4. The lowest BCUT2D eigenvalue weighted by Gasteiger charge is -2.10. The number of thioether (sulfide) groups is 1. The third-order valence-electron chi connectivity index (χ3n) is 4.72. The molecule has 3 heterocycles. The second-order valence-electron chi connectivity index (χ2n) is 6.56. The molecule has 2 N–H and O–H groups in total. The smallest absolute Gasteiger partial charge is 0.277 e. The second kappa shape index (κ2) is 7.14. The first-order valence-corrected chi connectivity index (χ1v) is 9.72. The van der Waals surface area contributed by atoms with E-state index in [-0.39, 0.29) is 17.5 Å². The van der Waals surface area contributed by atoms with Crippen molar-refractivity contribution in [1.82, 2.24) is 30.4 Å². The average molecular weight is 389 g/mol. The van der Waals surface area contributed by atoms with E-state index in [1.165, 1.54) is 24.6 Å². The Bertz CT molecular complexity index is 1050. The molecule has 4 rings (SSSR count). The van der Waals surface area contributed by atoms with E-state index in [1.54, 1.807) is 18.5 Å². The number of fused-ring (bicyclic) bond motifs is 1. The number of nitrogens with one attached hydrogen (secondary N) is 2. The molecule has 0 unspecified atom stereocenters. The van der Waals surface area contributed by atoms with Crippen LogP contribution >= 0.6 is 11.8 Å². The second-order valence-corrected chi connectivity index (χ2v) is 7.50. The van der Waals surface area contributed by atoms with Gasteiger partial charge < -0.3 is 4.42 Å². The molecule has 0 bridgehead atoms. The lowest BCUT2D eigenvalue weighted by Crippen LogP contribution is -2.17. The minimum atomic E-state index is -0.402. The summed E-state index contributed by atoms with van der Waals surface area (Å²) in [6.45, 7) is 3.50. The van der Waals surface area contributed by atoms with Gasteiger partial charge >= 0.3 is 0 Å². The molecule has 3 aromatic rings. The molecule has 0 aliphatic heterocycles. The number of aromatic amines is 1. The lowest BCUT2D eigenvalue weighted by atomic mass is 10.2. The van der Waals surface area contributed by atoms with E-state index in [1.807, 2.05) is 0 Å². The third kappa shape index (κ3) is 3.34. The van der Waals surface area contributed by atoms with Crippen molar-refractivity contribution in [3.8, 4) is 0 Å². The number of aryl methyl sites for hydroxylation is 2. The maximum Gasteiger partial charge on any atom is 0.277 e. The Labute approximate surface area is 158 Å². The number of tetrazole rings is 1. The number of hydrogen-bond donors (Lipinski definition) is 2. The number of carbonyl (C=O) groups is 1. The Hall–Kier alpha value is -2.69. The van der Waals surface area contributed by atoms with Gasteiger partial charge in [-0.25, -0.2) is 9.78 Å². The number of nitrogens with zero attached hydrogens (tertiary/aromatic N) is 5. The maximum atomic E-state index is 12.4. The number of rotatable bonds is 5. The number of hydrogen-bond acceptors (Lipinski definition) is 8. The Morgan fingerprint density at radius 2 is 2.11 bits per heavy atom. The standard InChI is InChI=1S/C16H19N7O3S/c1-8-12-9(2)26-15(13(12)14(25)19-18-8)17-11(24)7-27-16-20-21-22-23(16)10-5-3-4-6-10/h10H,3-7H2,1-2H3,(H,17,24)(H,19,25). The number of furan rings is 1. The first kappa shape index (κ1) is 17.7. The fourth-order valence-electron chi connectivity index (χ4n) is 3.48. The minimum Gasteiger partial charge on any atom is -0.444 e. The van der Waals surface area contributed by atoms with Crippen molar-refractivity contribution in [1.29, 1.82) is 0 Å². The van der Waals surface area contributed by atoms with Crippen LogP contribution in [0.25, 0.3) is 10.8 Å². The summed E-state index contributed by atoms with van der Waals surface area (Å²) in [5.74, 6) is 0.478. The molecule has 142 valence electrons. The van der Waals surface area contributed by atoms with Gasteiger partial charge in [0.25, 0.3) is 5.56 Å². The zero-order chi connectivity index (χ0) is 19.0. The SMILES string of the molecule is Cc1n[nH]c(=O)c2c(NC(=O)CSc3nnnn3C3CCCC3)oc(C)c12. The zero-order valence-electron chi connectivity index (χ0n) is 15.0. The number of carbonyl (C=O) groups excluding carboxylic acids is 1. The summed E-state index contributed by atoms with van der Waals surface area (Å²) in [5, 5.41) is 22.4. The van der Waals surface area contributed by atoms with Gasteiger partial charge in [-0.05, 0) is 37.1 Å². The van der Waals surface area contributed by atoms with E-state index >= 15 is 0 Å². The molecule has 1 amide bonds. The number of amides is 1. The summed E-state index contributed by atoms with van der Waals surface area (Å²) in [5.41, 5.74) is 0.233. The fourth-order valence-corrected chi connectivity index (χ4v) is 4.23. The molecule has 1 aliphatic carbocycles. The van der Waals surface area contributed by atoms with E-state index in [9.17, 15) is 9.59 Å².